The summed E-state index contributed by atoms with van der Waals surface area (Å²) in [7, 11) is 0. The van der Waals surface area contributed by atoms with Crippen LogP contribution in [0.2, 0.25) is 0 Å². The van der Waals surface area contributed by atoms with Gasteiger partial charge in [-0.2, -0.15) is 0 Å². The van der Waals surface area contributed by atoms with Crippen LogP contribution in [0.4, 0.5) is 0 Å². The van der Waals surface area contributed by atoms with Crippen LogP contribution >= 0.6 is 0 Å². The van der Waals surface area contributed by atoms with Crippen molar-refractivity contribution in [2.75, 3.05) is 0 Å². The molecule has 0 heterocycles. The fourth-order valence-electron chi connectivity index (χ4n) is 1.57. The summed E-state index contributed by atoms with van der Waals surface area (Å²) >= 11 is 0. The summed E-state index contributed by atoms with van der Waals surface area (Å²) in [6.45, 7) is 11.2. The van der Waals surface area contributed by atoms with Crippen molar-refractivity contribution in [3.63, 3.8) is 0 Å². The van der Waals surface area contributed by atoms with E-state index >= 15 is 0 Å². The molecule has 0 N–H and O–H groups in total. The van der Waals surface area contributed by atoms with Gasteiger partial charge in [-0.05, 0) is 44.8 Å². The quantitative estimate of drug-likeness (QED) is 0.642. The summed E-state index contributed by atoms with van der Waals surface area (Å²) in [6, 6.07) is 0. The molecule has 0 spiro atoms. The van der Waals surface area contributed by atoms with Gasteiger partial charge >= 0.3 is 0 Å². The third-order valence-corrected chi connectivity index (χ3v) is 3.04. The Morgan fingerprint density at radius 2 is 1.09 bits per heavy atom. The first kappa shape index (κ1) is 11.2. The molecule has 0 aromatic heterocycles. The fraction of sp³-hybridized carbons (Fsp3) is 0.600. The first-order valence-electron chi connectivity index (χ1n) is 3.90. The van der Waals surface area contributed by atoms with E-state index < -0.39 is 0 Å². The Labute approximate surface area is 84.0 Å². The van der Waals surface area contributed by atoms with Crippen LogP contribution in [-0.4, -0.2) is 0 Å². The Bertz CT molecular complexity index is 197. The average molecular weight is 320 g/mol. The van der Waals surface area contributed by atoms with E-state index in [9.17, 15) is 0 Å². The standard InChI is InChI=1S/C10H16.W/c1-6-7(2)9(4)10(5)8(6)3;/h6H,1-5H3;. The van der Waals surface area contributed by atoms with Gasteiger partial charge in [0.1, 0.15) is 0 Å². The summed E-state index contributed by atoms with van der Waals surface area (Å²) in [5.74, 6) is 0.694. The van der Waals surface area contributed by atoms with E-state index in [1.807, 2.05) is 0 Å². The maximum Gasteiger partial charge on any atom is 0 e. The summed E-state index contributed by atoms with van der Waals surface area (Å²) in [5, 5.41) is 0. The normalized spacial score (nSPS) is 19.4. The molecular weight excluding hydrogens is 304 g/mol. The van der Waals surface area contributed by atoms with Crippen LogP contribution in [0.1, 0.15) is 34.6 Å². The van der Waals surface area contributed by atoms with E-state index in [0.717, 1.165) is 0 Å². The van der Waals surface area contributed by atoms with Gasteiger partial charge in [-0.1, -0.05) is 18.1 Å². The van der Waals surface area contributed by atoms with Crippen LogP contribution in [0.3, 0.4) is 0 Å². The summed E-state index contributed by atoms with van der Waals surface area (Å²) in [5.41, 5.74) is 6.11. The van der Waals surface area contributed by atoms with Crippen molar-refractivity contribution in [1.29, 1.82) is 0 Å². The molecule has 1 rings (SSSR count). The van der Waals surface area contributed by atoms with Gasteiger partial charge in [0.25, 0.3) is 0 Å². The van der Waals surface area contributed by atoms with Crippen molar-refractivity contribution in [1.82, 2.24) is 0 Å². The number of hydrogen-bond acceptors (Lipinski definition) is 0. The van der Waals surface area contributed by atoms with Crippen molar-refractivity contribution in [3.8, 4) is 0 Å². The van der Waals surface area contributed by atoms with E-state index in [2.05, 4.69) is 34.6 Å². The first-order chi connectivity index (χ1) is 4.55. The summed E-state index contributed by atoms with van der Waals surface area (Å²) in [6.07, 6.45) is 0. The Morgan fingerprint density at radius 3 is 1.18 bits per heavy atom. The molecule has 0 unspecified atom stereocenters. The molecular formula is C10H16W. The third kappa shape index (κ3) is 1.67. The van der Waals surface area contributed by atoms with Crippen LogP contribution in [0.15, 0.2) is 22.3 Å². The Morgan fingerprint density at radius 1 is 0.818 bits per heavy atom. The van der Waals surface area contributed by atoms with E-state index in [1.165, 1.54) is 11.1 Å². The van der Waals surface area contributed by atoms with Gasteiger partial charge in [-0.15, -0.1) is 0 Å². The molecule has 1 aliphatic carbocycles. The van der Waals surface area contributed by atoms with Crippen LogP contribution in [0, 0.1) is 5.92 Å². The molecule has 62 valence electrons. The van der Waals surface area contributed by atoms with Gasteiger partial charge in [0, 0.05) is 21.1 Å². The zero-order chi connectivity index (χ0) is 7.89. The van der Waals surface area contributed by atoms with Crippen LogP contribution in [-0.2, 0) is 21.1 Å². The average Bonchev–Trinajstić information content (AvgIpc) is 2.07. The maximum atomic E-state index is 2.28. The van der Waals surface area contributed by atoms with Gasteiger partial charge in [0.2, 0.25) is 0 Å². The molecule has 0 saturated carbocycles. The largest absolute Gasteiger partial charge is 0.0632 e. The van der Waals surface area contributed by atoms with E-state index in [4.69, 9.17) is 0 Å². The molecule has 0 bridgehead atoms. The fourth-order valence-corrected chi connectivity index (χ4v) is 1.57. The smallest absolute Gasteiger partial charge is 0 e. The topological polar surface area (TPSA) is 0 Å². The number of hydrogen-bond donors (Lipinski definition) is 0. The summed E-state index contributed by atoms with van der Waals surface area (Å²) in [4.78, 5) is 0. The predicted molar refractivity (Wildman–Crippen MR) is 45.9 cm³/mol. The zero-order valence-corrected chi connectivity index (χ0v) is 10.9. The monoisotopic (exact) mass is 320 g/mol. The van der Waals surface area contributed by atoms with Crippen molar-refractivity contribution in [2.45, 2.75) is 34.6 Å². The molecule has 1 heteroatoms. The van der Waals surface area contributed by atoms with Crippen molar-refractivity contribution in [3.05, 3.63) is 22.3 Å². The molecule has 1 aliphatic rings. The second-order valence-corrected chi connectivity index (χ2v) is 3.34. The Hall–Kier alpha value is 0.168. The van der Waals surface area contributed by atoms with E-state index in [0.29, 0.717) is 5.92 Å². The minimum Gasteiger partial charge on any atom is -0.0632 e. The molecule has 0 radical (unpaired) electrons. The molecule has 0 fully saturated rings. The van der Waals surface area contributed by atoms with E-state index in [1.54, 1.807) is 11.1 Å². The zero-order valence-electron chi connectivity index (χ0n) is 7.99. The Balaban J connectivity index is 0.000001000. The first-order valence-corrected chi connectivity index (χ1v) is 3.90. The minimum atomic E-state index is 0. The molecule has 0 saturated heterocycles. The van der Waals surface area contributed by atoms with Gasteiger partial charge in [-0.25, -0.2) is 0 Å². The molecule has 0 aliphatic heterocycles. The molecule has 0 aromatic rings. The van der Waals surface area contributed by atoms with Crippen LogP contribution in [0.5, 0.6) is 0 Å². The predicted octanol–water partition coefficient (Wildman–Crippen LogP) is 3.31. The molecule has 0 aromatic carbocycles. The third-order valence-electron chi connectivity index (χ3n) is 3.04. The van der Waals surface area contributed by atoms with E-state index in [-0.39, 0.29) is 21.1 Å². The second-order valence-electron chi connectivity index (χ2n) is 3.34. The Kier molecular flexibility index (Phi) is 3.77. The second kappa shape index (κ2) is 3.71. The minimum absolute atomic E-state index is 0. The van der Waals surface area contributed by atoms with Gasteiger partial charge in [0.05, 0.1) is 0 Å². The SMILES string of the molecule is CC1=C(C)C(C)C(C)=C1C.[W]. The van der Waals surface area contributed by atoms with Gasteiger partial charge in [-0.3, -0.25) is 0 Å². The van der Waals surface area contributed by atoms with Crippen LogP contribution in [0.25, 0.3) is 0 Å². The van der Waals surface area contributed by atoms with Gasteiger partial charge < -0.3 is 0 Å². The van der Waals surface area contributed by atoms with Crippen molar-refractivity contribution < 1.29 is 21.1 Å². The van der Waals surface area contributed by atoms with Crippen LogP contribution < -0.4 is 0 Å². The number of rotatable bonds is 0. The summed E-state index contributed by atoms with van der Waals surface area (Å²) < 4.78 is 0. The molecule has 0 nitrogen and oxygen atoms in total. The van der Waals surface area contributed by atoms with Crippen molar-refractivity contribution >= 4 is 0 Å². The molecule has 11 heavy (non-hydrogen) atoms. The van der Waals surface area contributed by atoms with Crippen molar-refractivity contribution in [2.24, 2.45) is 5.92 Å². The molecule has 0 amide bonds. The maximum absolute atomic E-state index is 2.28. The molecule has 0 atom stereocenters. The van der Waals surface area contributed by atoms with Gasteiger partial charge in [0.15, 0.2) is 0 Å². The number of allylic oxidation sites excluding steroid dienone is 4.